The zero-order chi connectivity index (χ0) is 19.7. The van der Waals surface area contributed by atoms with Gasteiger partial charge >= 0.3 is 0 Å². The number of aromatic nitrogens is 2. The number of nitrogens with one attached hydrogen (secondary N) is 1. The Morgan fingerprint density at radius 3 is 2.68 bits per heavy atom. The van der Waals surface area contributed by atoms with E-state index in [1.54, 1.807) is 24.3 Å². The Kier molecular flexibility index (Phi) is 4.77. The number of hydrazone groups is 1. The summed E-state index contributed by atoms with van der Waals surface area (Å²) >= 11 is 0. The first-order valence-electron chi connectivity index (χ1n) is 9.55. The number of hydrogen-bond acceptors (Lipinski definition) is 4. The minimum atomic E-state index is -0.432. The van der Waals surface area contributed by atoms with Crippen molar-refractivity contribution in [3.63, 3.8) is 0 Å². The first-order valence-corrected chi connectivity index (χ1v) is 9.55. The van der Waals surface area contributed by atoms with E-state index in [-0.39, 0.29) is 11.3 Å². The molecule has 6 nitrogen and oxygen atoms in total. The Bertz CT molecular complexity index is 1160. The van der Waals surface area contributed by atoms with Crippen LogP contribution in [0.4, 0.5) is 0 Å². The van der Waals surface area contributed by atoms with Crippen molar-refractivity contribution in [1.29, 1.82) is 0 Å². The normalized spacial score (nSPS) is 13.6. The zero-order valence-corrected chi connectivity index (χ0v) is 16.0. The van der Waals surface area contributed by atoms with Crippen molar-refractivity contribution in [1.82, 2.24) is 15.2 Å². The van der Waals surface area contributed by atoms with Gasteiger partial charge in [-0.3, -0.25) is 9.59 Å². The monoisotopic (exact) mass is 374 g/mol. The van der Waals surface area contributed by atoms with Crippen molar-refractivity contribution in [3.8, 4) is 0 Å². The summed E-state index contributed by atoms with van der Waals surface area (Å²) in [5, 5.41) is 9.51. The molecule has 28 heavy (non-hydrogen) atoms. The third kappa shape index (κ3) is 3.22. The second kappa shape index (κ2) is 7.38. The predicted octanol–water partition coefficient (Wildman–Crippen LogP) is 3.06. The molecule has 0 unspecified atom stereocenters. The number of amides is 1. The summed E-state index contributed by atoms with van der Waals surface area (Å²) < 4.78 is 1.30. The summed E-state index contributed by atoms with van der Waals surface area (Å²) in [4.78, 5) is 25.2. The van der Waals surface area contributed by atoms with Crippen molar-refractivity contribution in [3.05, 3.63) is 75.2 Å². The third-order valence-electron chi connectivity index (χ3n) is 5.22. The molecule has 3 aromatic rings. The average molecular weight is 374 g/mol. The standard InChI is InChI=1S/C22H22N4O2/c1-3-26-22(28)19-10-5-4-9-18(19)20(25-26)21(27)24-23-14(2)16-12-11-15-7-6-8-17(15)13-16/h4-5,9-13H,3,6-8H2,1-2H3,(H,24,27)/b23-14-. The molecule has 0 aliphatic heterocycles. The van der Waals surface area contributed by atoms with Crippen LogP contribution in [0.2, 0.25) is 0 Å². The second-order valence-electron chi connectivity index (χ2n) is 6.99. The Balaban J connectivity index is 1.64. The van der Waals surface area contributed by atoms with Crippen LogP contribution >= 0.6 is 0 Å². The maximum atomic E-state index is 12.8. The van der Waals surface area contributed by atoms with Crippen LogP contribution < -0.4 is 11.0 Å². The van der Waals surface area contributed by atoms with Gasteiger partial charge in [-0.15, -0.1) is 0 Å². The molecule has 0 saturated heterocycles. The van der Waals surface area contributed by atoms with E-state index < -0.39 is 5.91 Å². The Morgan fingerprint density at radius 2 is 1.89 bits per heavy atom. The van der Waals surface area contributed by atoms with Gasteiger partial charge in [0.05, 0.1) is 11.1 Å². The molecule has 1 aromatic heterocycles. The van der Waals surface area contributed by atoms with E-state index in [9.17, 15) is 9.59 Å². The molecular formula is C22H22N4O2. The first kappa shape index (κ1) is 18.1. The van der Waals surface area contributed by atoms with Crippen LogP contribution in [0.3, 0.4) is 0 Å². The molecule has 6 heteroatoms. The van der Waals surface area contributed by atoms with E-state index in [1.807, 2.05) is 19.9 Å². The van der Waals surface area contributed by atoms with Gasteiger partial charge in [0.1, 0.15) is 0 Å². The average Bonchev–Trinajstić information content (AvgIpc) is 3.20. The molecule has 0 fully saturated rings. The van der Waals surface area contributed by atoms with Gasteiger partial charge in [-0.25, -0.2) is 10.1 Å². The number of benzene rings is 2. The SMILES string of the molecule is CCn1nc(C(=O)N/N=C(/C)c2ccc3c(c2)CCC3)c2ccccc2c1=O. The summed E-state index contributed by atoms with van der Waals surface area (Å²) in [5.41, 5.74) is 7.09. The summed E-state index contributed by atoms with van der Waals surface area (Å²) in [6.45, 7) is 4.08. The van der Waals surface area contributed by atoms with Crippen molar-refractivity contribution >= 4 is 22.4 Å². The quantitative estimate of drug-likeness (QED) is 0.563. The fourth-order valence-electron chi connectivity index (χ4n) is 3.67. The molecule has 142 valence electrons. The summed E-state index contributed by atoms with van der Waals surface area (Å²) in [6.07, 6.45) is 3.42. The lowest BCUT2D eigenvalue weighted by atomic mass is 10.0. The van der Waals surface area contributed by atoms with Crippen molar-refractivity contribution in [2.24, 2.45) is 5.10 Å². The van der Waals surface area contributed by atoms with Crippen molar-refractivity contribution < 1.29 is 4.79 Å². The Hall–Kier alpha value is -3.28. The number of fused-ring (bicyclic) bond motifs is 2. The molecule has 0 saturated carbocycles. The van der Waals surface area contributed by atoms with E-state index in [0.29, 0.717) is 17.3 Å². The largest absolute Gasteiger partial charge is 0.292 e. The van der Waals surface area contributed by atoms with Crippen molar-refractivity contribution in [2.75, 3.05) is 0 Å². The van der Waals surface area contributed by atoms with Gasteiger partial charge in [0.25, 0.3) is 11.5 Å². The topological polar surface area (TPSA) is 76.3 Å². The summed E-state index contributed by atoms with van der Waals surface area (Å²) in [5.74, 6) is -0.432. The highest BCUT2D eigenvalue weighted by Gasteiger charge is 2.16. The van der Waals surface area contributed by atoms with E-state index in [2.05, 4.69) is 27.8 Å². The molecule has 0 bridgehead atoms. The summed E-state index contributed by atoms with van der Waals surface area (Å²) in [6, 6.07) is 13.3. The number of carbonyl (C=O) groups excluding carboxylic acids is 1. The second-order valence-corrected chi connectivity index (χ2v) is 6.99. The lowest BCUT2D eigenvalue weighted by molar-refractivity contribution is 0.0949. The van der Waals surface area contributed by atoms with Gasteiger partial charge in [0, 0.05) is 11.9 Å². The zero-order valence-electron chi connectivity index (χ0n) is 16.0. The highest BCUT2D eigenvalue weighted by molar-refractivity contribution is 6.06. The summed E-state index contributed by atoms with van der Waals surface area (Å²) in [7, 11) is 0. The van der Waals surface area contributed by atoms with Crippen LogP contribution in [-0.2, 0) is 19.4 Å². The molecule has 4 rings (SSSR count). The number of nitrogens with zero attached hydrogens (tertiary/aromatic N) is 3. The van der Waals surface area contributed by atoms with E-state index in [1.165, 1.54) is 22.2 Å². The van der Waals surface area contributed by atoms with Crippen LogP contribution in [0, 0.1) is 0 Å². The van der Waals surface area contributed by atoms with Crippen LogP contribution in [0.25, 0.3) is 10.8 Å². The molecule has 1 N–H and O–H groups in total. The molecule has 0 radical (unpaired) electrons. The van der Waals surface area contributed by atoms with E-state index in [4.69, 9.17) is 0 Å². The van der Waals surface area contributed by atoms with E-state index >= 15 is 0 Å². The van der Waals surface area contributed by atoms with Gasteiger partial charge in [0.2, 0.25) is 0 Å². The van der Waals surface area contributed by atoms with Gasteiger partial charge in [0.15, 0.2) is 5.69 Å². The van der Waals surface area contributed by atoms with Crippen LogP contribution in [-0.4, -0.2) is 21.4 Å². The number of rotatable bonds is 4. The van der Waals surface area contributed by atoms with Crippen LogP contribution in [0.15, 0.2) is 52.4 Å². The molecule has 0 atom stereocenters. The smallest absolute Gasteiger partial charge is 0.267 e. The Morgan fingerprint density at radius 1 is 1.14 bits per heavy atom. The predicted molar refractivity (Wildman–Crippen MR) is 110 cm³/mol. The van der Waals surface area contributed by atoms with E-state index in [0.717, 1.165) is 24.1 Å². The van der Waals surface area contributed by atoms with Gasteiger partial charge in [-0.1, -0.05) is 30.3 Å². The minimum absolute atomic E-state index is 0.197. The fraction of sp³-hybridized carbons (Fsp3) is 0.273. The first-order chi connectivity index (χ1) is 13.6. The number of aryl methyl sites for hydroxylation is 3. The Labute approximate surface area is 162 Å². The maximum Gasteiger partial charge on any atom is 0.292 e. The molecule has 1 aliphatic rings. The highest BCUT2D eigenvalue weighted by atomic mass is 16.2. The van der Waals surface area contributed by atoms with Gasteiger partial charge < -0.3 is 0 Å². The molecule has 2 aromatic carbocycles. The van der Waals surface area contributed by atoms with Gasteiger partial charge in [-0.05, 0) is 61.9 Å². The lowest BCUT2D eigenvalue weighted by Crippen LogP contribution is -2.28. The molecule has 1 heterocycles. The fourth-order valence-corrected chi connectivity index (χ4v) is 3.67. The minimum Gasteiger partial charge on any atom is -0.267 e. The van der Waals surface area contributed by atoms with Crippen LogP contribution in [0.5, 0.6) is 0 Å². The molecular weight excluding hydrogens is 352 g/mol. The third-order valence-corrected chi connectivity index (χ3v) is 5.22. The van der Waals surface area contributed by atoms with Crippen LogP contribution in [0.1, 0.15) is 47.4 Å². The molecule has 1 amide bonds. The maximum absolute atomic E-state index is 12.8. The van der Waals surface area contributed by atoms with Crippen molar-refractivity contribution in [2.45, 2.75) is 39.7 Å². The van der Waals surface area contributed by atoms with Gasteiger partial charge in [-0.2, -0.15) is 10.2 Å². The number of hydrogen-bond donors (Lipinski definition) is 1. The lowest BCUT2D eigenvalue weighted by Gasteiger charge is -2.09. The highest BCUT2D eigenvalue weighted by Crippen LogP contribution is 2.23. The number of carbonyl (C=O) groups is 1. The molecule has 1 aliphatic carbocycles. The molecule has 0 spiro atoms.